The number of anilines is 1. The summed E-state index contributed by atoms with van der Waals surface area (Å²) in [6, 6.07) is 14.0. The topological polar surface area (TPSA) is 81.9 Å². The number of benzene rings is 2. The van der Waals surface area contributed by atoms with E-state index in [1.165, 1.54) is 0 Å². The van der Waals surface area contributed by atoms with Crippen molar-refractivity contribution in [1.29, 1.82) is 0 Å². The molecular formula is C32H34N2O5. The SMILES string of the molecule is CCCCCOc1ccc(C2c3c(oc4cc(C)c(C)cc4c3=O)C(=O)N2c2cccc(C)n2)cc1OCC. The number of carbonyl (C=O) groups excluding carboxylic acids is 1. The van der Waals surface area contributed by atoms with Gasteiger partial charge in [0.15, 0.2) is 16.9 Å². The van der Waals surface area contributed by atoms with Gasteiger partial charge in [-0.2, -0.15) is 0 Å². The number of aromatic nitrogens is 1. The summed E-state index contributed by atoms with van der Waals surface area (Å²) in [6.07, 6.45) is 3.15. The highest BCUT2D eigenvalue weighted by atomic mass is 16.5. The molecule has 202 valence electrons. The Kier molecular flexibility index (Phi) is 7.42. The zero-order valence-corrected chi connectivity index (χ0v) is 23.2. The Morgan fingerprint density at radius 2 is 1.72 bits per heavy atom. The Morgan fingerprint density at radius 1 is 0.923 bits per heavy atom. The molecule has 7 heteroatoms. The third-order valence-corrected chi connectivity index (χ3v) is 7.20. The average Bonchev–Trinajstić information content (AvgIpc) is 3.21. The van der Waals surface area contributed by atoms with Crippen LogP contribution in [0.5, 0.6) is 11.5 Å². The molecule has 2 aromatic heterocycles. The van der Waals surface area contributed by atoms with Crippen LogP contribution < -0.4 is 19.8 Å². The van der Waals surface area contributed by atoms with Crippen molar-refractivity contribution in [3.05, 3.63) is 92.5 Å². The Balaban J connectivity index is 1.70. The van der Waals surface area contributed by atoms with Gasteiger partial charge in [-0.1, -0.05) is 31.9 Å². The van der Waals surface area contributed by atoms with Crippen molar-refractivity contribution in [2.75, 3.05) is 18.1 Å². The van der Waals surface area contributed by atoms with E-state index < -0.39 is 11.9 Å². The minimum absolute atomic E-state index is 0.0434. The second-order valence-corrected chi connectivity index (χ2v) is 10.0. The van der Waals surface area contributed by atoms with Gasteiger partial charge in [-0.05, 0) is 87.2 Å². The Hall–Kier alpha value is -4.13. The fourth-order valence-corrected chi connectivity index (χ4v) is 5.06. The quantitative estimate of drug-likeness (QED) is 0.222. The second kappa shape index (κ2) is 10.9. The van der Waals surface area contributed by atoms with E-state index in [-0.39, 0.29) is 11.2 Å². The highest BCUT2D eigenvalue weighted by molar-refractivity contribution is 6.10. The molecule has 1 unspecified atom stereocenters. The molecule has 0 N–H and O–H groups in total. The number of aryl methyl sites for hydroxylation is 3. The van der Waals surface area contributed by atoms with Crippen LogP contribution in [0.1, 0.15) is 77.7 Å². The summed E-state index contributed by atoms with van der Waals surface area (Å²) in [5.41, 5.74) is 3.93. The number of amides is 1. The number of nitrogens with zero attached hydrogens (tertiary/aromatic N) is 2. The zero-order valence-electron chi connectivity index (χ0n) is 23.2. The molecule has 0 aliphatic carbocycles. The van der Waals surface area contributed by atoms with Crippen molar-refractivity contribution in [3.63, 3.8) is 0 Å². The molecule has 0 radical (unpaired) electrons. The fourth-order valence-electron chi connectivity index (χ4n) is 5.06. The molecule has 39 heavy (non-hydrogen) atoms. The lowest BCUT2D eigenvalue weighted by molar-refractivity contribution is 0.0970. The van der Waals surface area contributed by atoms with Gasteiger partial charge < -0.3 is 13.9 Å². The van der Waals surface area contributed by atoms with Crippen molar-refractivity contribution in [2.24, 2.45) is 0 Å². The molecule has 0 spiro atoms. The van der Waals surface area contributed by atoms with E-state index in [0.29, 0.717) is 52.6 Å². The summed E-state index contributed by atoms with van der Waals surface area (Å²) >= 11 is 0. The summed E-state index contributed by atoms with van der Waals surface area (Å²) in [4.78, 5) is 34.1. The summed E-state index contributed by atoms with van der Waals surface area (Å²) in [5, 5.41) is 0.453. The van der Waals surface area contributed by atoms with Crippen molar-refractivity contribution in [3.8, 4) is 11.5 Å². The van der Waals surface area contributed by atoms with Crippen molar-refractivity contribution in [1.82, 2.24) is 4.98 Å². The van der Waals surface area contributed by atoms with Gasteiger partial charge in [0.25, 0.3) is 5.91 Å². The molecule has 3 heterocycles. The van der Waals surface area contributed by atoms with Crippen molar-refractivity contribution in [2.45, 2.75) is 59.9 Å². The van der Waals surface area contributed by atoms with Crippen LogP contribution in [0, 0.1) is 20.8 Å². The summed E-state index contributed by atoms with van der Waals surface area (Å²) in [6.45, 7) is 10.9. The van der Waals surface area contributed by atoms with Gasteiger partial charge in [0, 0.05) is 5.69 Å². The van der Waals surface area contributed by atoms with Crippen molar-refractivity contribution < 1.29 is 18.7 Å². The van der Waals surface area contributed by atoms with Crippen LogP contribution in [-0.2, 0) is 0 Å². The van der Waals surface area contributed by atoms with Gasteiger partial charge in [-0.15, -0.1) is 0 Å². The second-order valence-electron chi connectivity index (χ2n) is 10.0. The number of hydrogen-bond acceptors (Lipinski definition) is 6. The van der Waals surface area contributed by atoms with Crippen LogP contribution in [0.4, 0.5) is 5.82 Å². The maximum atomic E-state index is 14.0. The molecule has 1 atom stereocenters. The maximum Gasteiger partial charge on any atom is 0.296 e. The minimum atomic E-state index is -0.739. The Morgan fingerprint density at radius 3 is 2.46 bits per heavy atom. The van der Waals surface area contributed by atoms with Gasteiger partial charge in [0.1, 0.15) is 11.4 Å². The van der Waals surface area contributed by atoms with E-state index >= 15 is 0 Å². The van der Waals surface area contributed by atoms with E-state index in [1.54, 1.807) is 11.0 Å². The first kappa shape index (κ1) is 26.5. The summed E-state index contributed by atoms with van der Waals surface area (Å²) in [7, 11) is 0. The van der Waals surface area contributed by atoms with Gasteiger partial charge in [0.05, 0.1) is 30.2 Å². The first-order chi connectivity index (χ1) is 18.8. The van der Waals surface area contributed by atoms with Crippen LogP contribution in [0.3, 0.4) is 0 Å². The molecule has 0 fully saturated rings. The van der Waals surface area contributed by atoms with Gasteiger partial charge in [-0.3, -0.25) is 14.5 Å². The third kappa shape index (κ3) is 4.89. The first-order valence-electron chi connectivity index (χ1n) is 13.6. The number of pyridine rings is 1. The predicted molar refractivity (Wildman–Crippen MR) is 152 cm³/mol. The van der Waals surface area contributed by atoms with Crippen LogP contribution in [0.15, 0.2) is 57.7 Å². The molecule has 0 bridgehead atoms. The lowest BCUT2D eigenvalue weighted by Crippen LogP contribution is -2.30. The van der Waals surface area contributed by atoms with Crippen LogP contribution in [0.2, 0.25) is 0 Å². The molecular weight excluding hydrogens is 492 g/mol. The maximum absolute atomic E-state index is 14.0. The average molecular weight is 527 g/mol. The third-order valence-electron chi connectivity index (χ3n) is 7.20. The van der Waals surface area contributed by atoms with Crippen LogP contribution in [0.25, 0.3) is 11.0 Å². The van der Waals surface area contributed by atoms with E-state index in [1.807, 2.05) is 70.2 Å². The van der Waals surface area contributed by atoms with Crippen molar-refractivity contribution >= 4 is 22.7 Å². The number of ether oxygens (including phenoxy) is 2. The predicted octanol–water partition coefficient (Wildman–Crippen LogP) is 6.83. The first-order valence-corrected chi connectivity index (χ1v) is 13.6. The van der Waals surface area contributed by atoms with Crippen LogP contribution in [-0.4, -0.2) is 24.1 Å². The van der Waals surface area contributed by atoms with E-state index in [2.05, 4.69) is 11.9 Å². The summed E-state index contributed by atoms with van der Waals surface area (Å²) < 4.78 is 18.2. The number of carbonyl (C=O) groups is 1. The highest BCUT2D eigenvalue weighted by Gasteiger charge is 2.44. The zero-order chi connectivity index (χ0) is 27.7. The molecule has 0 saturated heterocycles. The standard InChI is InChI=1S/C32H34N2O5/c1-6-8-9-15-38-24-14-13-22(18-26(24)37-7-2)29-28-30(35)23-16-19(3)20(4)17-25(23)39-31(28)32(36)34(29)27-12-10-11-21(5)33-27/h10-14,16-18,29H,6-9,15H2,1-5H3. The molecule has 1 amide bonds. The number of rotatable bonds is 9. The lowest BCUT2D eigenvalue weighted by Gasteiger charge is -2.25. The number of unbranched alkanes of at least 4 members (excludes halogenated alkanes) is 2. The monoisotopic (exact) mass is 526 g/mol. The van der Waals surface area contributed by atoms with Gasteiger partial charge in [-0.25, -0.2) is 4.98 Å². The molecule has 7 nitrogen and oxygen atoms in total. The molecule has 5 rings (SSSR count). The molecule has 1 aliphatic rings. The molecule has 0 saturated carbocycles. The van der Waals surface area contributed by atoms with Crippen LogP contribution >= 0.6 is 0 Å². The van der Waals surface area contributed by atoms with E-state index in [0.717, 1.165) is 36.1 Å². The summed E-state index contributed by atoms with van der Waals surface area (Å²) in [5.74, 6) is 1.30. The largest absolute Gasteiger partial charge is 0.490 e. The number of hydrogen-bond donors (Lipinski definition) is 0. The molecule has 4 aromatic rings. The smallest absolute Gasteiger partial charge is 0.296 e. The number of fused-ring (bicyclic) bond motifs is 2. The van der Waals surface area contributed by atoms with Gasteiger partial charge in [0.2, 0.25) is 5.76 Å². The van der Waals surface area contributed by atoms with E-state index in [4.69, 9.17) is 13.9 Å². The normalized spacial score (nSPS) is 14.6. The lowest BCUT2D eigenvalue weighted by atomic mass is 9.97. The van der Waals surface area contributed by atoms with E-state index in [9.17, 15) is 9.59 Å². The Labute approximate surface area is 228 Å². The molecule has 2 aromatic carbocycles. The van der Waals surface area contributed by atoms with Gasteiger partial charge >= 0.3 is 0 Å². The fraction of sp³-hybridized carbons (Fsp3) is 0.344. The minimum Gasteiger partial charge on any atom is -0.490 e. The highest BCUT2D eigenvalue weighted by Crippen LogP contribution is 2.43. The Bertz CT molecular complexity index is 1610. The molecule has 1 aliphatic heterocycles.